The van der Waals surface area contributed by atoms with Crippen molar-refractivity contribution in [1.82, 2.24) is 15.0 Å². The minimum absolute atomic E-state index is 0.00138. The summed E-state index contributed by atoms with van der Waals surface area (Å²) in [6, 6.07) is 27.4. The summed E-state index contributed by atoms with van der Waals surface area (Å²) in [6.45, 7) is 10.7. The van der Waals surface area contributed by atoms with E-state index in [2.05, 4.69) is 92.6 Å². The van der Waals surface area contributed by atoms with Gasteiger partial charge in [-0.3, -0.25) is 10.1 Å². The number of nitro groups is 1. The van der Waals surface area contributed by atoms with Gasteiger partial charge in [0, 0.05) is 54.5 Å². The molecule has 5 aromatic carbocycles. The second kappa shape index (κ2) is 18.9. The van der Waals surface area contributed by atoms with Crippen molar-refractivity contribution in [2.24, 2.45) is 0 Å². The third-order valence-corrected chi connectivity index (χ3v) is 10.4. The fraction of sp³-hybridized carbons (Fsp3) is 0.333. The summed E-state index contributed by atoms with van der Waals surface area (Å²) in [4.78, 5) is 11.0. The summed E-state index contributed by atoms with van der Waals surface area (Å²) in [5, 5.41) is 20.5. The number of non-ortho nitro benzene ring substituents is 1. The van der Waals surface area contributed by atoms with Crippen molar-refractivity contribution in [2.45, 2.75) is 79.1 Å². The molecule has 7 rings (SSSR count). The Morgan fingerprint density at radius 2 is 1.03 bits per heavy atom. The number of ether oxygens (including phenoxy) is 4. The normalized spacial score (nSPS) is 12.2. The number of rotatable bonds is 15. The second-order valence-electron chi connectivity index (χ2n) is 15.0. The minimum atomic E-state index is -0.419. The molecule has 59 heavy (non-hydrogen) atoms. The summed E-state index contributed by atoms with van der Waals surface area (Å²) in [7, 11) is 0. The van der Waals surface area contributed by atoms with Gasteiger partial charge in [-0.25, -0.2) is 4.68 Å². The molecule has 0 aliphatic heterocycles. The molecule has 11 heteroatoms. The molecule has 2 N–H and O–H groups in total. The van der Waals surface area contributed by atoms with Gasteiger partial charge in [-0.05, 0) is 77.3 Å². The third-order valence-electron chi connectivity index (χ3n) is 10.4. The first kappa shape index (κ1) is 40.8. The molecule has 0 fully saturated rings. The van der Waals surface area contributed by atoms with Crippen molar-refractivity contribution in [1.29, 1.82) is 0 Å². The molecule has 0 spiro atoms. The maximum atomic E-state index is 11.4. The number of para-hydroxylation sites is 3. The molecule has 11 nitrogen and oxygen atoms in total. The van der Waals surface area contributed by atoms with Crippen molar-refractivity contribution in [3.8, 4) is 39.9 Å². The molecule has 0 saturated heterocycles. The minimum Gasteiger partial charge on any atom is -0.493 e. The number of benzene rings is 5. The van der Waals surface area contributed by atoms with E-state index >= 15 is 0 Å². The quantitative estimate of drug-likeness (QED) is 0.0611. The number of nitrogens with two attached hydrogens (primary N) is 1. The second-order valence-corrected chi connectivity index (χ2v) is 15.0. The van der Waals surface area contributed by atoms with E-state index in [9.17, 15) is 10.1 Å². The molecule has 1 aliphatic rings. The lowest BCUT2D eigenvalue weighted by Crippen LogP contribution is -2.13. The van der Waals surface area contributed by atoms with Crippen LogP contribution >= 0.6 is 0 Å². The number of anilines is 1. The van der Waals surface area contributed by atoms with Crippen LogP contribution in [0.3, 0.4) is 0 Å². The van der Waals surface area contributed by atoms with Crippen LogP contribution in [0.2, 0.25) is 0 Å². The highest BCUT2D eigenvalue weighted by Gasteiger charge is 2.26. The Morgan fingerprint density at radius 3 is 1.47 bits per heavy atom. The number of nitro benzene ring substituents is 1. The third kappa shape index (κ3) is 9.04. The summed E-state index contributed by atoms with van der Waals surface area (Å²) < 4.78 is 28.4. The Bertz CT molecular complexity index is 2410. The molecule has 0 radical (unpaired) electrons. The zero-order valence-electron chi connectivity index (χ0n) is 34.5. The van der Waals surface area contributed by atoms with Gasteiger partial charge in [0.25, 0.3) is 5.69 Å². The monoisotopic (exact) mass is 795 g/mol. The van der Waals surface area contributed by atoms with E-state index in [4.69, 9.17) is 24.7 Å². The van der Waals surface area contributed by atoms with Gasteiger partial charge in [-0.15, -0.1) is 5.10 Å². The summed E-state index contributed by atoms with van der Waals surface area (Å²) in [5.41, 5.74) is 17.7. The maximum Gasteiger partial charge on any atom is 0.269 e. The van der Waals surface area contributed by atoms with Crippen LogP contribution in [0.4, 0.5) is 11.4 Å². The van der Waals surface area contributed by atoms with Gasteiger partial charge in [-0.1, -0.05) is 87.5 Å². The summed E-state index contributed by atoms with van der Waals surface area (Å²) in [5.74, 6) is 3.33. The number of nitrogens with zero attached hydrogens (tertiary/aromatic N) is 4. The Hall–Kier alpha value is -6.36. The van der Waals surface area contributed by atoms with Crippen LogP contribution in [-0.4, -0.2) is 46.3 Å². The lowest BCUT2D eigenvalue weighted by molar-refractivity contribution is -0.384. The predicted molar refractivity (Wildman–Crippen MR) is 232 cm³/mol. The molecule has 1 aromatic heterocycles. The van der Waals surface area contributed by atoms with Gasteiger partial charge in [0.05, 0.1) is 48.9 Å². The number of nitrogen functional groups attached to an aromatic ring is 1. The van der Waals surface area contributed by atoms with Crippen LogP contribution in [0.25, 0.3) is 16.9 Å². The molecule has 1 heterocycles. The Kier molecular flexibility index (Phi) is 13.1. The molecule has 1 aliphatic carbocycles. The zero-order valence-corrected chi connectivity index (χ0v) is 34.5. The van der Waals surface area contributed by atoms with Crippen molar-refractivity contribution < 1.29 is 23.9 Å². The predicted octanol–water partition coefficient (Wildman–Crippen LogP) is 10.3. The topological polar surface area (TPSA) is 137 Å². The largest absolute Gasteiger partial charge is 0.493 e. The van der Waals surface area contributed by atoms with Crippen LogP contribution in [0, 0.1) is 10.1 Å². The van der Waals surface area contributed by atoms with E-state index in [1.165, 1.54) is 12.1 Å². The first-order valence-corrected chi connectivity index (χ1v) is 20.8. The van der Waals surface area contributed by atoms with Crippen molar-refractivity contribution in [3.05, 3.63) is 146 Å². The van der Waals surface area contributed by atoms with E-state index < -0.39 is 4.92 Å². The van der Waals surface area contributed by atoms with Crippen molar-refractivity contribution in [2.75, 3.05) is 32.2 Å². The Morgan fingerprint density at radius 1 is 0.610 bits per heavy atom. The highest BCUT2D eigenvalue weighted by atomic mass is 16.6. The van der Waals surface area contributed by atoms with Crippen LogP contribution < -0.4 is 24.7 Å². The molecule has 306 valence electrons. The van der Waals surface area contributed by atoms with Crippen molar-refractivity contribution in [3.63, 3.8) is 0 Å². The lowest BCUT2D eigenvalue weighted by atomic mass is 9.90. The Labute approximate surface area is 346 Å². The number of hydrogen-bond donors (Lipinski definition) is 1. The number of fused-ring (bicyclic) bond motifs is 8. The molecular formula is C48H53N5O6. The molecule has 0 saturated carbocycles. The highest BCUT2D eigenvalue weighted by molar-refractivity contribution is 5.72. The Balaban J connectivity index is 1.48. The number of aromatic nitrogens is 3. The fourth-order valence-corrected chi connectivity index (χ4v) is 7.73. The molecule has 0 unspecified atom stereocenters. The molecule has 6 aromatic rings. The van der Waals surface area contributed by atoms with Gasteiger partial charge >= 0.3 is 0 Å². The van der Waals surface area contributed by atoms with Gasteiger partial charge in [0.1, 0.15) is 28.7 Å². The van der Waals surface area contributed by atoms with Crippen molar-refractivity contribution >= 4 is 11.4 Å². The van der Waals surface area contributed by atoms with Gasteiger partial charge < -0.3 is 24.7 Å². The van der Waals surface area contributed by atoms with Crippen LogP contribution in [-0.2, 0) is 25.7 Å². The molecular weight excluding hydrogens is 743 g/mol. The number of hydrogen-bond acceptors (Lipinski definition) is 9. The molecule has 0 amide bonds. The summed E-state index contributed by atoms with van der Waals surface area (Å²) >= 11 is 0. The SMILES string of the molecule is CCCOc1c2cccc1Cc1cccc(c1OCCC)Cc1c(OCCC)c(cc(N)c1-n1cc(-c3ccc([N+](=O)[O-])cc3)nn1)Cc1cccc(c1OCCC)C2. The average molecular weight is 796 g/mol. The smallest absolute Gasteiger partial charge is 0.269 e. The van der Waals surface area contributed by atoms with Crippen LogP contribution in [0.15, 0.2) is 91.1 Å². The summed E-state index contributed by atoms with van der Waals surface area (Å²) in [6.07, 6.45) is 7.37. The zero-order chi connectivity index (χ0) is 41.3. The van der Waals surface area contributed by atoms with E-state index in [1.54, 1.807) is 16.8 Å². The average Bonchev–Trinajstić information content (AvgIpc) is 3.72. The van der Waals surface area contributed by atoms with Crippen LogP contribution in [0.5, 0.6) is 23.0 Å². The van der Waals surface area contributed by atoms with Gasteiger partial charge in [0.15, 0.2) is 0 Å². The lowest BCUT2D eigenvalue weighted by Gasteiger charge is -2.24. The van der Waals surface area contributed by atoms with E-state index in [0.717, 1.165) is 93.2 Å². The van der Waals surface area contributed by atoms with E-state index in [1.807, 2.05) is 12.3 Å². The highest BCUT2D eigenvalue weighted by Crippen LogP contribution is 2.42. The van der Waals surface area contributed by atoms with E-state index in [-0.39, 0.29) is 5.69 Å². The first-order valence-electron chi connectivity index (χ1n) is 20.8. The van der Waals surface area contributed by atoms with Crippen LogP contribution in [0.1, 0.15) is 97.9 Å². The van der Waals surface area contributed by atoms with Gasteiger partial charge in [-0.2, -0.15) is 0 Å². The molecule has 0 atom stereocenters. The van der Waals surface area contributed by atoms with E-state index in [0.29, 0.717) is 74.7 Å². The maximum absolute atomic E-state index is 11.4. The molecule has 8 bridgehead atoms. The fourth-order valence-electron chi connectivity index (χ4n) is 7.73. The first-order chi connectivity index (χ1) is 28.8. The van der Waals surface area contributed by atoms with Gasteiger partial charge in [0.2, 0.25) is 0 Å². The standard InChI is InChI=1S/C48H53N5O6/c1-5-22-56-45-33-12-9-13-34(45)27-36-15-11-17-38(47(36)58-24-7-3)29-41-44(52-31-43(50-51-52)32-18-20-40(21-19-32)53(54)55)42(49)30-39(48(41)59-25-8-4)28-37-16-10-14-35(26-33)46(37)57-23-6-2/h9-21,30-31H,5-8,22-29,49H2,1-4H3.